The Kier molecular flexibility index (Phi) is 5.70. The first-order valence-electron chi connectivity index (χ1n) is 7.58. The van der Waals surface area contributed by atoms with Crippen LogP contribution in [0.4, 0.5) is 4.39 Å². The zero-order valence-corrected chi connectivity index (χ0v) is 12.7. The van der Waals surface area contributed by atoms with Crippen molar-refractivity contribution in [2.24, 2.45) is 5.92 Å². The molecular formula is C16H24FN3O. The molecule has 3 N–H and O–H groups in total. The third kappa shape index (κ3) is 5.10. The maximum absolute atomic E-state index is 13.0. The summed E-state index contributed by atoms with van der Waals surface area (Å²) in [7, 11) is 0. The number of carbonyl (C=O) groups excluding carboxylic acids is 1. The van der Waals surface area contributed by atoms with Gasteiger partial charge in [-0.2, -0.15) is 0 Å². The van der Waals surface area contributed by atoms with Crippen molar-refractivity contribution in [1.82, 2.24) is 16.2 Å². The second-order valence-corrected chi connectivity index (χ2v) is 6.07. The summed E-state index contributed by atoms with van der Waals surface area (Å²) in [6.45, 7) is 4.87. The second-order valence-electron chi connectivity index (χ2n) is 6.07. The normalized spacial score (nSPS) is 21.7. The van der Waals surface area contributed by atoms with Gasteiger partial charge in [0, 0.05) is 12.6 Å². The van der Waals surface area contributed by atoms with Gasteiger partial charge in [-0.25, -0.2) is 9.82 Å². The van der Waals surface area contributed by atoms with Crippen LogP contribution in [0.1, 0.15) is 32.3 Å². The highest BCUT2D eigenvalue weighted by Gasteiger charge is 2.29. The van der Waals surface area contributed by atoms with Gasteiger partial charge in [-0.05, 0) is 42.9 Å². The topological polar surface area (TPSA) is 53.2 Å². The number of hydrazine groups is 1. The van der Waals surface area contributed by atoms with E-state index in [2.05, 4.69) is 30.0 Å². The molecule has 21 heavy (non-hydrogen) atoms. The van der Waals surface area contributed by atoms with Crippen LogP contribution in [0.5, 0.6) is 0 Å². The number of benzene rings is 1. The van der Waals surface area contributed by atoms with Gasteiger partial charge in [-0.15, -0.1) is 0 Å². The largest absolute Gasteiger partial charge is 0.354 e. The Hall–Kier alpha value is -1.46. The van der Waals surface area contributed by atoms with Crippen molar-refractivity contribution >= 4 is 5.91 Å². The van der Waals surface area contributed by atoms with Crippen LogP contribution in [0.25, 0.3) is 0 Å². The summed E-state index contributed by atoms with van der Waals surface area (Å²) < 4.78 is 13.0. The predicted molar refractivity (Wildman–Crippen MR) is 81.0 cm³/mol. The van der Waals surface area contributed by atoms with Crippen molar-refractivity contribution < 1.29 is 9.18 Å². The minimum absolute atomic E-state index is 0.00478. The van der Waals surface area contributed by atoms with Gasteiger partial charge in [0.25, 0.3) is 0 Å². The van der Waals surface area contributed by atoms with Crippen LogP contribution in [-0.4, -0.2) is 24.5 Å². The quantitative estimate of drug-likeness (QED) is 0.749. The Morgan fingerprint density at radius 2 is 2.24 bits per heavy atom. The highest BCUT2D eigenvalue weighted by molar-refractivity contribution is 5.82. The van der Waals surface area contributed by atoms with Crippen LogP contribution in [0, 0.1) is 11.7 Å². The lowest BCUT2D eigenvalue weighted by molar-refractivity contribution is -0.122. The van der Waals surface area contributed by atoms with Crippen LogP contribution in [0.15, 0.2) is 24.3 Å². The van der Waals surface area contributed by atoms with Crippen molar-refractivity contribution in [2.75, 3.05) is 6.54 Å². The number of carbonyl (C=O) groups is 1. The summed E-state index contributed by atoms with van der Waals surface area (Å²) in [6.07, 6.45) is 2.50. The molecule has 1 aliphatic rings. The molecule has 1 amide bonds. The number of hydrogen-bond donors (Lipinski definition) is 3. The van der Waals surface area contributed by atoms with E-state index in [1.807, 2.05) is 6.07 Å². The molecule has 1 aliphatic heterocycles. The van der Waals surface area contributed by atoms with Gasteiger partial charge < -0.3 is 5.32 Å². The van der Waals surface area contributed by atoms with Crippen LogP contribution < -0.4 is 16.2 Å². The monoisotopic (exact) mass is 293 g/mol. The molecule has 116 valence electrons. The fraction of sp³-hybridized carbons (Fsp3) is 0.562. The molecule has 0 radical (unpaired) electrons. The van der Waals surface area contributed by atoms with Gasteiger partial charge in [0.15, 0.2) is 0 Å². The number of nitrogens with one attached hydrogen (secondary N) is 3. The summed E-state index contributed by atoms with van der Waals surface area (Å²) in [6, 6.07) is 6.64. The highest BCUT2D eigenvalue weighted by Crippen LogP contribution is 2.13. The van der Waals surface area contributed by atoms with E-state index in [1.165, 1.54) is 12.1 Å². The summed E-state index contributed by atoms with van der Waals surface area (Å²) in [4.78, 5) is 12.0. The summed E-state index contributed by atoms with van der Waals surface area (Å²) in [5, 5.41) is 2.90. The predicted octanol–water partition coefficient (Wildman–Crippen LogP) is 1.77. The van der Waals surface area contributed by atoms with Crippen LogP contribution >= 0.6 is 0 Å². The first kappa shape index (κ1) is 15.9. The SMILES string of the molecule is CC(C)CC1CC(C(=O)NCCc2cccc(F)c2)NN1. The molecule has 1 saturated heterocycles. The molecule has 0 saturated carbocycles. The van der Waals surface area contributed by atoms with E-state index in [4.69, 9.17) is 0 Å². The van der Waals surface area contributed by atoms with Gasteiger partial charge in [0.05, 0.1) is 0 Å². The van der Waals surface area contributed by atoms with Crippen molar-refractivity contribution in [3.05, 3.63) is 35.6 Å². The standard InChI is InChI=1S/C16H24FN3O/c1-11(2)8-14-10-15(20-19-14)16(21)18-7-6-12-4-3-5-13(17)9-12/h3-5,9,11,14-15,19-20H,6-8,10H2,1-2H3,(H,18,21). The lowest BCUT2D eigenvalue weighted by Crippen LogP contribution is -2.44. The van der Waals surface area contributed by atoms with Crippen molar-refractivity contribution in [3.8, 4) is 0 Å². The van der Waals surface area contributed by atoms with Gasteiger partial charge in [0.2, 0.25) is 5.91 Å². The fourth-order valence-electron chi connectivity index (χ4n) is 2.66. The molecule has 1 heterocycles. The average molecular weight is 293 g/mol. The van der Waals surface area contributed by atoms with Gasteiger partial charge in [-0.3, -0.25) is 10.2 Å². The molecule has 0 aliphatic carbocycles. The third-order valence-electron chi connectivity index (χ3n) is 3.66. The zero-order chi connectivity index (χ0) is 15.2. The van der Waals surface area contributed by atoms with Crippen molar-refractivity contribution in [1.29, 1.82) is 0 Å². The lowest BCUT2D eigenvalue weighted by Gasteiger charge is -2.12. The van der Waals surface area contributed by atoms with Crippen LogP contribution in [0.2, 0.25) is 0 Å². The summed E-state index contributed by atoms with van der Waals surface area (Å²) in [5.41, 5.74) is 7.12. The van der Waals surface area contributed by atoms with Gasteiger partial charge >= 0.3 is 0 Å². The van der Waals surface area contributed by atoms with E-state index < -0.39 is 0 Å². The molecule has 0 bridgehead atoms. The Labute approximate surface area is 125 Å². The molecular weight excluding hydrogens is 269 g/mol. The Morgan fingerprint density at radius 1 is 1.43 bits per heavy atom. The molecule has 2 rings (SSSR count). The number of hydrogen-bond acceptors (Lipinski definition) is 3. The Morgan fingerprint density at radius 3 is 2.95 bits per heavy atom. The van der Waals surface area contributed by atoms with E-state index in [-0.39, 0.29) is 17.8 Å². The number of rotatable bonds is 6. The molecule has 2 atom stereocenters. The zero-order valence-electron chi connectivity index (χ0n) is 12.7. The van der Waals surface area contributed by atoms with Crippen LogP contribution in [-0.2, 0) is 11.2 Å². The first-order valence-corrected chi connectivity index (χ1v) is 7.58. The smallest absolute Gasteiger partial charge is 0.238 e. The minimum Gasteiger partial charge on any atom is -0.354 e. The molecule has 1 aromatic rings. The van der Waals surface area contributed by atoms with Crippen molar-refractivity contribution in [2.45, 2.75) is 45.2 Å². The van der Waals surface area contributed by atoms with E-state index >= 15 is 0 Å². The maximum atomic E-state index is 13.0. The molecule has 5 heteroatoms. The first-order chi connectivity index (χ1) is 10.0. The maximum Gasteiger partial charge on any atom is 0.238 e. The second kappa shape index (κ2) is 7.52. The molecule has 0 spiro atoms. The molecule has 4 nitrogen and oxygen atoms in total. The lowest BCUT2D eigenvalue weighted by atomic mass is 10.00. The molecule has 1 fully saturated rings. The molecule has 2 unspecified atom stereocenters. The third-order valence-corrected chi connectivity index (χ3v) is 3.66. The number of amides is 1. The Bertz CT molecular complexity index is 478. The molecule has 1 aromatic carbocycles. The van der Waals surface area contributed by atoms with Crippen molar-refractivity contribution in [3.63, 3.8) is 0 Å². The molecule has 0 aromatic heterocycles. The average Bonchev–Trinajstić information content (AvgIpc) is 2.86. The van der Waals surface area contributed by atoms with Gasteiger partial charge in [0.1, 0.15) is 11.9 Å². The summed E-state index contributed by atoms with van der Waals surface area (Å²) >= 11 is 0. The number of halogens is 1. The van der Waals surface area contributed by atoms with E-state index in [1.54, 1.807) is 6.07 Å². The summed E-state index contributed by atoms with van der Waals surface area (Å²) in [5.74, 6) is 0.376. The van der Waals surface area contributed by atoms with E-state index in [9.17, 15) is 9.18 Å². The van der Waals surface area contributed by atoms with Crippen LogP contribution in [0.3, 0.4) is 0 Å². The van der Waals surface area contributed by atoms with Gasteiger partial charge in [-0.1, -0.05) is 26.0 Å². The minimum atomic E-state index is -0.239. The van der Waals surface area contributed by atoms with E-state index in [0.717, 1.165) is 18.4 Å². The highest BCUT2D eigenvalue weighted by atomic mass is 19.1. The van der Waals surface area contributed by atoms with E-state index in [0.29, 0.717) is 24.9 Å². The Balaban J connectivity index is 1.70. The fourth-order valence-corrected chi connectivity index (χ4v) is 2.66.